The summed E-state index contributed by atoms with van der Waals surface area (Å²) in [6.45, 7) is 0. The predicted molar refractivity (Wildman–Crippen MR) is 116 cm³/mol. The summed E-state index contributed by atoms with van der Waals surface area (Å²) in [6, 6.07) is 7.72. The number of urea groups is 1. The fourth-order valence-corrected chi connectivity index (χ4v) is 3.41. The first kappa shape index (κ1) is 25.3. The van der Waals surface area contributed by atoms with Crippen LogP contribution in [-0.2, 0) is 14.4 Å². The van der Waals surface area contributed by atoms with Crippen molar-refractivity contribution in [1.29, 1.82) is 0 Å². The van der Waals surface area contributed by atoms with E-state index in [0.29, 0.717) is 0 Å². The Morgan fingerprint density at radius 3 is 2.54 bits per heavy atom. The highest BCUT2D eigenvalue weighted by atomic mass is 19.4. The Bertz CT molecular complexity index is 1180. The van der Waals surface area contributed by atoms with Gasteiger partial charge in [-0.2, -0.15) is 0 Å². The molecular formula is C23H20F3N3O6. The van der Waals surface area contributed by atoms with E-state index >= 15 is 0 Å². The molecule has 2 aromatic carbocycles. The molecule has 3 N–H and O–H groups in total. The number of alkyl halides is 3. The number of nitrogens with zero attached hydrogens (tertiary/aromatic N) is 1. The summed E-state index contributed by atoms with van der Waals surface area (Å²) >= 11 is 0. The van der Waals surface area contributed by atoms with E-state index in [1.165, 1.54) is 55.7 Å². The lowest BCUT2D eigenvalue weighted by Crippen LogP contribution is -2.55. The molecule has 0 fully saturated rings. The van der Waals surface area contributed by atoms with Gasteiger partial charge in [0.1, 0.15) is 5.75 Å². The summed E-state index contributed by atoms with van der Waals surface area (Å²) in [5.74, 6) is -3.05. The van der Waals surface area contributed by atoms with Crippen LogP contribution in [0.1, 0.15) is 18.0 Å². The van der Waals surface area contributed by atoms with Gasteiger partial charge >= 0.3 is 18.4 Å². The number of ketones is 1. The first-order valence-electron chi connectivity index (χ1n) is 10.2. The number of benzene rings is 2. The molecule has 2 atom stereocenters. The van der Waals surface area contributed by atoms with Crippen LogP contribution in [0.4, 0.5) is 18.0 Å². The number of rotatable bonds is 7. The molecule has 1 aliphatic heterocycles. The minimum atomic E-state index is -4.92. The molecule has 12 heteroatoms. The normalized spacial score (nSPS) is 16.6. The van der Waals surface area contributed by atoms with Gasteiger partial charge in [0, 0.05) is 24.9 Å². The number of amides is 3. The van der Waals surface area contributed by atoms with E-state index in [2.05, 4.69) is 15.4 Å². The van der Waals surface area contributed by atoms with Crippen molar-refractivity contribution in [3.05, 3.63) is 66.4 Å². The lowest BCUT2D eigenvalue weighted by molar-refractivity contribution is -0.274. The van der Waals surface area contributed by atoms with Gasteiger partial charge < -0.3 is 25.4 Å². The molecule has 0 spiro atoms. The van der Waals surface area contributed by atoms with E-state index in [1.807, 2.05) is 0 Å². The van der Waals surface area contributed by atoms with Crippen LogP contribution in [-0.4, -0.2) is 53.1 Å². The summed E-state index contributed by atoms with van der Waals surface area (Å²) in [5, 5.41) is 13.9. The molecule has 0 saturated heterocycles. The monoisotopic (exact) mass is 491 g/mol. The third-order valence-electron chi connectivity index (χ3n) is 5.01. The van der Waals surface area contributed by atoms with Crippen molar-refractivity contribution in [2.45, 2.75) is 24.9 Å². The SMILES string of the molecule is CN1C=CC(=O)C(NC(=O)NC(CC(=O)O)c2cccc(-c3ccccc3OC(F)(F)F)c2)C1=O. The quantitative estimate of drug-likeness (QED) is 0.512. The summed E-state index contributed by atoms with van der Waals surface area (Å²) in [7, 11) is 1.40. The molecule has 1 heterocycles. The molecule has 9 nitrogen and oxygen atoms in total. The molecule has 184 valence electrons. The maximum Gasteiger partial charge on any atom is 0.573 e. The van der Waals surface area contributed by atoms with E-state index in [4.69, 9.17) is 0 Å². The molecule has 0 bridgehead atoms. The highest BCUT2D eigenvalue weighted by Crippen LogP contribution is 2.35. The Hall–Kier alpha value is -4.35. The van der Waals surface area contributed by atoms with Crippen molar-refractivity contribution in [3.63, 3.8) is 0 Å². The highest BCUT2D eigenvalue weighted by Gasteiger charge is 2.33. The maximum absolute atomic E-state index is 12.8. The van der Waals surface area contributed by atoms with Gasteiger partial charge in [-0.25, -0.2) is 4.79 Å². The van der Waals surface area contributed by atoms with E-state index < -0.39 is 54.3 Å². The minimum Gasteiger partial charge on any atom is -0.481 e. The van der Waals surface area contributed by atoms with Crippen LogP contribution in [0.3, 0.4) is 0 Å². The zero-order valence-corrected chi connectivity index (χ0v) is 18.2. The largest absolute Gasteiger partial charge is 0.573 e. The van der Waals surface area contributed by atoms with Crippen LogP contribution in [0.2, 0.25) is 0 Å². The van der Waals surface area contributed by atoms with Crippen molar-refractivity contribution < 1.29 is 42.2 Å². The van der Waals surface area contributed by atoms with E-state index in [-0.39, 0.29) is 16.7 Å². The van der Waals surface area contributed by atoms with Gasteiger partial charge in [-0.15, -0.1) is 13.2 Å². The lowest BCUT2D eigenvalue weighted by Gasteiger charge is -2.25. The highest BCUT2D eigenvalue weighted by molar-refractivity contribution is 6.14. The minimum absolute atomic E-state index is 0.0958. The number of hydrogen-bond donors (Lipinski definition) is 3. The molecule has 3 amide bonds. The van der Waals surface area contributed by atoms with E-state index in [9.17, 15) is 37.5 Å². The molecule has 35 heavy (non-hydrogen) atoms. The number of nitrogens with one attached hydrogen (secondary N) is 2. The number of carbonyl (C=O) groups excluding carboxylic acids is 3. The number of ether oxygens (including phenoxy) is 1. The lowest BCUT2D eigenvalue weighted by atomic mass is 9.97. The second kappa shape index (κ2) is 10.3. The number of likely N-dealkylation sites (N-methyl/N-ethyl adjacent to an activating group) is 1. The van der Waals surface area contributed by atoms with Gasteiger partial charge in [-0.05, 0) is 23.3 Å². The van der Waals surface area contributed by atoms with Crippen molar-refractivity contribution in [2.75, 3.05) is 7.05 Å². The Morgan fingerprint density at radius 2 is 1.86 bits per heavy atom. The third-order valence-corrected chi connectivity index (χ3v) is 5.01. The zero-order valence-electron chi connectivity index (χ0n) is 18.2. The van der Waals surface area contributed by atoms with Crippen molar-refractivity contribution in [3.8, 4) is 16.9 Å². The van der Waals surface area contributed by atoms with Gasteiger partial charge in [0.25, 0.3) is 5.91 Å². The van der Waals surface area contributed by atoms with Crippen molar-refractivity contribution in [1.82, 2.24) is 15.5 Å². The number of aliphatic carboxylic acids is 1. The van der Waals surface area contributed by atoms with Gasteiger partial charge in [-0.1, -0.05) is 36.4 Å². The molecule has 1 aliphatic rings. The first-order valence-corrected chi connectivity index (χ1v) is 10.2. The Kier molecular flexibility index (Phi) is 7.43. The van der Waals surface area contributed by atoms with Crippen LogP contribution in [0, 0.1) is 0 Å². The fourth-order valence-electron chi connectivity index (χ4n) is 3.41. The Morgan fingerprint density at radius 1 is 1.14 bits per heavy atom. The molecule has 3 rings (SSSR count). The molecule has 2 unspecified atom stereocenters. The number of hydrogen-bond acceptors (Lipinski definition) is 5. The first-order chi connectivity index (χ1) is 16.4. The summed E-state index contributed by atoms with van der Waals surface area (Å²) in [6.07, 6.45) is -3.13. The number of para-hydroxylation sites is 1. The standard InChI is InChI=1S/C23H20F3N3O6/c1-29-10-9-17(30)20(21(29)33)28-22(34)27-16(12-19(31)32)14-6-4-5-13(11-14)15-7-2-3-8-18(15)35-23(24,25)26/h2-11,16,20H,12H2,1H3,(H,31,32)(H2,27,28,34). The molecule has 0 radical (unpaired) electrons. The second-order valence-corrected chi connectivity index (χ2v) is 7.54. The maximum atomic E-state index is 12.8. The number of carboxylic acid groups (broad SMARTS) is 1. The number of carbonyl (C=O) groups is 4. The van der Waals surface area contributed by atoms with Crippen LogP contribution in [0.25, 0.3) is 11.1 Å². The van der Waals surface area contributed by atoms with Gasteiger partial charge in [0.05, 0.1) is 12.5 Å². The third kappa shape index (κ3) is 6.59. The van der Waals surface area contributed by atoms with Gasteiger partial charge in [-0.3, -0.25) is 14.4 Å². The van der Waals surface area contributed by atoms with Crippen molar-refractivity contribution >= 4 is 23.7 Å². The Balaban J connectivity index is 1.86. The molecule has 0 saturated carbocycles. The fraction of sp³-hybridized carbons (Fsp3) is 0.217. The second-order valence-electron chi connectivity index (χ2n) is 7.54. The van der Waals surface area contributed by atoms with Gasteiger partial charge in [0.15, 0.2) is 11.8 Å². The molecule has 0 aliphatic carbocycles. The summed E-state index contributed by atoms with van der Waals surface area (Å²) in [4.78, 5) is 49.2. The van der Waals surface area contributed by atoms with Crippen LogP contribution in [0.15, 0.2) is 60.8 Å². The average Bonchev–Trinajstić information content (AvgIpc) is 2.78. The summed E-state index contributed by atoms with van der Waals surface area (Å²) < 4.78 is 42.5. The van der Waals surface area contributed by atoms with E-state index in [1.54, 1.807) is 0 Å². The molecule has 2 aromatic rings. The zero-order chi connectivity index (χ0) is 25.8. The topological polar surface area (TPSA) is 125 Å². The smallest absolute Gasteiger partial charge is 0.481 e. The number of halogens is 3. The van der Waals surface area contributed by atoms with Crippen LogP contribution in [0.5, 0.6) is 5.75 Å². The van der Waals surface area contributed by atoms with Gasteiger partial charge in [0.2, 0.25) is 0 Å². The predicted octanol–water partition coefficient (Wildman–Crippen LogP) is 2.99. The van der Waals surface area contributed by atoms with E-state index in [0.717, 1.165) is 17.0 Å². The number of carboxylic acids is 1. The Labute approximate surface area is 197 Å². The van der Waals surface area contributed by atoms with Crippen molar-refractivity contribution in [2.24, 2.45) is 0 Å². The van der Waals surface area contributed by atoms with Crippen LogP contribution < -0.4 is 15.4 Å². The van der Waals surface area contributed by atoms with Crippen LogP contribution >= 0.6 is 0 Å². The molecule has 0 aromatic heterocycles. The average molecular weight is 491 g/mol. The summed E-state index contributed by atoms with van der Waals surface area (Å²) in [5.41, 5.74) is 0.642. The molecular weight excluding hydrogens is 471 g/mol.